The quantitative estimate of drug-likeness (QED) is 0.835. The van der Waals surface area contributed by atoms with E-state index >= 15 is 0 Å². The molecule has 1 fully saturated rings. The van der Waals surface area contributed by atoms with Crippen molar-refractivity contribution in [1.82, 2.24) is 19.7 Å². The third-order valence-electron chi connectivity index (χ3n) is 4.06. The number of aliphatic hydroxyl groups is 1. The van der Waals surface area contributed by atoms with E-state index in [0.29, 0.717) is 23.4 Å². The van der Waals surface area contributed by atoms with Crippen LogP contribution in [0.5, 0.6) is 5.75 Å². The van der Waals surface area contributed by atoms with Crippen molar-refractivity contribution in [2.24, 2.45) is 0 Å². The fourth-order valence-electron chi connectivity index (χ4n) is 2.93. The van der Waals surface area contributed by atoms with Gasteiger partial charge in [0, 0.05) is 17.6 Å². The zero-order chi connectivity index (χ0) is 16.1. The number of likely N-dealkylation sites (tertiary alicyclic amines) is 1. The number of hydrogen-bond donors (Lipinski definition) is 1. The highest BCUT2D eigenvalue weighted by atomic mass is 35.5. The van der Waals surface area contributed by atoms with Crippen LogP contribution in [-0.2, 0) is 6.54 Å². The molecule has 0 unspecified atom stereocenters. The Morgan fingerprint density at radius 3 is 2.91 bits per heavy atom. The van der Waals surface area contributed by atoms with Crippen molar-refractivity contribution >= 4 is 11.6 Å². The number of halogens is 1. The highest BCUT2D eigenvalue weighted by molar-refractivity contribution is 6.30. The molecule has 124 valence electrons. The van der Waals surface area contributed by atoms with Crippen LogP contribution in [0.3, 0.4) is 0 Å². The van der Waals surface area contributed by atoms with E-state index in [1.165, 1.54) is 0 Å². The zero-order valence-corrected chi connectivity index (χ0v) is 13.6. The first-order valence-electron chi connectivity index (χ1n) is 7.83. The SMILES string of the molecule is O[C@@H](COc1ccc(Cl)cc1)CN1CCC[C@@H]1Cn1cncn1. The van der Waals surface area contributed by atoms with Gasteiger partial charge in [-0.25, -0.2) is 4.98 Å². The number of ether oxygens (including phenoxy) is 1. The van der Waals surface area contributed by atoms with E-state index in [1.807, 2.05) is 4.68 Å². The Kier molecular flexibility index (Phi) is 5.48. The zero-order valence-electron chi connectivity index (χ0n) is 12.9. The number of β-amino-alcohol motifs (C(OH)–C–C–N with tert-alkyl or cyclic N) is 1. The molecule has 1 aliphatic rings. The van der Waals surface area contributed by atoms with Crippen LogP contribution in [0, 0.1) is 0 Å². The Bertz CT molecular complexity index is 591. The molecule has 2 heterocycles. The van der Waals surface area contributed by atoms with Crippen molar-refractivity contribution in [2.45, 2.75) is 31.5 Å². The summed E-state index contributed by atoms with van der Waals surface area (Å²) < 4.78 is 7.46. The van der Waals surface area contributed by atoms with Crippen molar-refractivity contribution in [1.29, 1.82) is 0 Å². The molecule has 2 aromatic rings. The van der Waals surface area contributed by atoms with Crippen molar-refractivity contribution < 1.29 is 9.84 Å². The molecule has 0 spiro atoms. The van der Waals surface area contributed by atoms with E-state index in [4.69, 9.17) is 16.3 Å². The van der Waals surface area contributed by atoms with E-state index in [9.17, 15) is 5.11 Å². The van der Waals surface area contributed by atoms with Crippen molar-refractivity contribution in [3.05, 3.63) is 41.9 Å². The molecule has 2 atom stereocenters. The van der Waals surface area contributed by atoms with Gasteiger partial charge in [-0.1, -0.05) is 11.6 Å². The predicted molar refractivity (Wildman–Crippen MR) is 87.6 cm³/mol. The second-order valence-corrected chi connectivity index (χ2v) is 6.26. The van der Waals surface area contributed by atoms with Gasteiger partial charge in [-0.15, -0.1) is 0 Å². The molecule has 0 amide bonds. The van der Waals surface area contributed by atoms with Gasteiger partial charge >= 0.3 is 0 Å². The van der Waals surface area contributed by atoms with Crippen LogP contribution in [0.4, 0.5) is 0 Å². The molecule has 7 heteroatoms. The normalized spacial score (nSPS) is 19.8. The number of aromatic nitrogens is 3. The van der Waals surface area contributed by atoms with Gasteiger partial charge in [-0.3, -0.25) is 9.58 Å². The molecule has 1 aliphatic heterocycles. The van der Waals surface area contributed by atoms with Gasteiger partial charge in [0.25, 0.3) is 0 Å². The number of nitrogens with zero attached hydrogens (tertiary/aromatic N) is 4. The summed E-state index contributed by atoms with van der Waals surface area (Å²) in [5, 5.41) is 15.1. The second kappa shape index (κ2) is 7.77. The molecule has 1 saturated heterocycles. The third-order valence-corrected chi connectivity index (χ3v) is 4.32. The first-order valence-corrected chi connectivity index (χ1v) is 8.21. The van der Waals surface area contributed by atoms with Gasteiger partial charge < -0.3 is 9.84 Å². The lowest BCUT2D eigenvalue weighted by Crippen LogP contribution is -2.40. The number of benzene rings is 1. The molecule has 1 aromatic carbocycles. The molecular formula is C16H21ClN4O2. The van der Waals surface area contributed by atoms with Gasteiger partial charge in [-0.05, 0) is 43.7 Å². The average Bonchev–Trinajstić information content (AvgIpc) is 3.20. The van der Waals surface area contributed by atoms with Crippen LogP contribution in [0.1, 0.15) is 12.8 Å². The van der Waals surface area contributed by atoms with Crippen molar-refractivity contribution in [3.63, 3.8) is 0 Å². The summed E-state index contributed by atoms with van der Waals surface area (Å²) >= 11 is 5.84. The van der Waals surface area contributed by atoms with Gasteiger partial charge in [0.15, 0.2) is 0 Å². The van der Waals surface area contributed by atoms with E-state index in [0.717, 1.165) is 25.9 Å². The van der Waals surface area contributed by atoms with Gasteiger partial charge in [0.2, 0.25) is 0 Å². The lowest BCUT2D eigenvalue weighted by molar-refractivity contribution is 0.0609. The average molecular weight is 337 g/mol. The smallest absolute Gasteiger partial charge is 0.137 e. The highest BCUT2D eigenvalue weighted by Gasteiger charge is 2.26. The molecule has 0 aliphatic carbocycles. The Morgan fingerprint density at radius 1 is 1.35 bits per heavy atom. The Morgan fingerprint density at radius 2 is 2.17 bits per heavy atom. The molecular weight excluding hydrogens is 316 g/mol. The maximum atomic E-state index is 10.2. The van der Waals surface area contributed by atoms with Gasteiger partial charge in [0.05, 0.1) is 6.54 Å². The predicted octanol–water partition coefficient (Wildman–Crippen LogP) is 1.84. The van der Waals surface area contributed by atoms with Crippen LogP contribution >= 0.6 is 11.6 Å². The summed E-state index contributed by atoms with van der Waals surface area (Å²) in [5.41, 5.74) is 0. The Labute approximate surface area is 140 Å². The summed E-state index contributed by atoms with van der Waals surface area (Å²) in [5.74, 6) is 0.717. The molecule has 3 rings (SSSR count). The molecule has 1 N–H and O–H groups in total. The topological polar surface area (TPSA) is 63.4 Å². The second-order valence-electron chi connectivity index (χ2n) is 5.83. The molecule has 6 nitrogen and oxygen atoms in total. The first-order chi connectivity index (χ1) is 11.2. The van der Waals surface area contributed by atoms with E-state index in [1.54, 1.807) is 36.9 Å². The fourth-order valence-corrected chi connectivity index (χ4v) is 3.06. The monoisotopic (exact) mass is 336 g/mol. The molecule has 0 radical (unpaired) electrons. The van der Waals surface area contributed by atoms with Crippen molar-refractivity contribution in [2.75, 3.05) is 19.7 Å². The van der Waals surface area contributed by atoms with Crippen LogP contribution in [-0.4, -0.2) is 56.6 Å². The fraction of sp³-hybridized carbons (Fsp3) is 0.500. The molecule has 23 heavy (non-hydrogen) atoms. The molecule has 1 aromatic heterocycles. The summed E-state index contributed by atoms with van der Waals surface area (Å²) in [4.78, 5) is 6.28. The summed E-state index contributed by atoms with van der Waals surface area (Å²) in [6.45, 7) is 2.68. The Balaban J connectivity index is 1.46. The lowest BCUT2D eigenvalue weighted by Gasteiger charge is -2.26. The van der Waals surface area contributed by atoms with Crippen LogP contribution in [0.25, 0.3) is 0 Å². The van der Waals surface area contributed by atoms with E-state index < -0.39 is 6.10 Å². The van der Waals surface area contributed by atoms with Gasteiger partial charge in [-0.2, -0.15) is 5.10 Å². The maximum Gasteiger partial charge on any atom is 0.137 e. The summed E-state index contributed by atoms with van der Waals surface area (Å²) in [6, 6.07) is 7.55. The van der Waals surface area contributed by atoms with Gasteiger partial charge in [0.1, 0.15) is 31.1 Å². The third kappa shape index (κ3) is 4.67. The lowest BCUT2D eigenvalue weighted by atomic mass is 10.2. The van der Waals surface area contributed by atoms with E-state index in [2.05, 4.69) is 15.0 Å². The van der Waals surface area contributed by atoms with E-state index in [-0.39, 0.29) is 6.61 Å². The maximum absolute atomic E-state index is 10.2. The minimum atomic E-state index is -0.526. The number of aliphatic hydroxyl groups excluding tert-OH is 1. The number of rotatable bonds is 7. The summed E-state index contributed by atoms with van der Waals surface area (Å²) in [6.07, 6.45) is 5.02. The molecule has 0 saturated carbocycles. The molecule has 0 bridgehead atoms. The first kappa shape index (κ1) is 16.2. The summed E-state index contributed by atoms with van der Waals surface area (Å²) in [7, 11) is 0. The number of hydrogen-bond acceptors (Lipinski definition) is 5. The van der Waals surface area contributed by atoms with Crippen LogP contribution in [0.15, 0.2) is 36.9 Å². The minimum Gasteiger partial charge on any atom is -0.491 e. The largest absolute Gasteiger partial charge is 0.491 e. The Hall–Kier alpha value is -1.63. The highest BCUT2D eigenvalue weighted by Crippen LogP contribution is 2.19. The van der Waals surface area contributed by atoms with Crippen LogP contribution < -0.4 is 4.74 Å². The minimum absolute atomic E-state index is 0.272. The van der Waals surface area contributed by atoms with Crippen LogP contribution in [0.2, 0.25) is 5.02 Å². The standard InChI is InChI=1S/C16H21ClN4O2/c17-13-3-5-16(6-4-13)23-10-15(22)9-20-7-1-2-14(20)8-21-12-18-11-19-21/h3-6,11-12,14-15,22H,1-2,7-10H2/t14-,15-/m1/s1. The van der Waals surface area contributed by atoms with Crippen molar-refractivity contribution in [3.8, 4) is 5.75 Å².